The Bertz CT molecular complexity index is 1110. The van der Waals surface area contributed by atoms with E-state index in [1.165, 1.54) is 0 Å². The number of aryl methyl sites for hydroxylation is 1. The predicted octanol–water partition coefficient (Wildman–Crippen LogP) is 2.54. The zero-order valence-electron chi connectivity index (χ0n) is 17.6. The SMILES string of the molecule is O=C(CN1C(=O)N[C@@]2(CCCc3ccccc32)C1=O)Nc1ccc(N2CCCC2=O)cc1. The van der Waals surface area contributed by atoms with Gasteiger partial charge in [-0.2, -0.15) is 0 Å². The Balaban J connectivity index is 1.28. The molecule has 2 aromatic rings. The minimum absolute atomic E-state index is 0.0959. The summed E-state index contributed by atoms with van der Waals surface area (Å²) in [5.74, 6) is -0.745. The number of fused-ring (bicyclic) bond motifs is 2. The van der Waals surface area contributed by atoms with Crippen molar-refractivity contribution in [1.82, 2.24) is 10.2 Å². The van der Waals surface area contributed by atoms with E-state index in [1.54, 1.807) is 29.2 Å². The number of hydrogen-bond donors (Lipinski definition) is 2. The Kier molecular flexibility index (Phi) is 4.92. The van der Waals surface area contributed by atoms with Gasteiger partial charge in [-0.3, -0.25) is 19.3 Å². The fraction of sp³-hybridized carbons (Fsp3) is 0.333. The lowest BCUT2D eigenvalue weighted by Crippen LogP contribution is -2.47. The quantitative estimate of drug-likeness (QED) is 0.726. The number of hydrogen-bond acceptors (Lipinski definition) is 4. The maximum absolute atomic E-state index is 13.3. The summed E-state index contributed by atoms with van der Waals surface area (Å²) in [4.78, 5) is 53.2. The van der Waals surface area contributed by atoms with Gasteiger partial charge in [-0.05, 0) is 61.1 Å². The van der Waals surface area contributed by atoms with Crippen LogP contribution in [0.15, 0.2) is 48.5 Å². The van der Waals surface area contributed by atoms with E-state index >= 15 is 0 Å². The number of anilines is 2. The maximum atomic E-state index is 13.3. The molecule has 32 heavy (non-hydrogen) atoms. The number of nitrogens with zero attached hydrogens (tertiary/aromatic N) is 2. The summed E-state index contributed by atoms with van der Waals surface area (Å²) < 4.78 is 0. The van der Waals surface area contributed by atoms with Crippen LogP contribution in [0.5, 0.6) is 0 Å². The summed E-state index contributed by atoms with van der Waals surface area (Å²) in [5.41, 5.74) is 2.11. The highest BCUT2D eigenvalue weighted by Gasteiger charge is 2.54. The Morgan fingerprint density at radius 3 is 2.53 bits per heavy atom. The van der Waals surface area contributed by atoms with Crippen molar-refractivity contribution < 1.29 is 19.2 Å². The molecule has 3 aliphatic rings. The average Bonchev–Trinajstić information content (AvgIpc) is 3.32. The van der Waals surface area contributed by atoms with E-state index in [0.717, 1.165) is 41.0 Å². The molecule has 2 fully saturated rings. The molecule has 5 amide bonds. The van der Waals surface area contributed by atoms with Crippen LogP contribution in [0.25, 0.3) is 0 Å². The van der Waals surface area contributed by atoms with Crippen LogP contribution in [0, 0.1) is 0 Å². The first kappa shape index (κ1) is 20.2. The van der Waals surface area contributed by atoms with E-state index in [4.69, 9.17) is 0 Å². The number of nitrogens with one attached hydrogen (secondary N) is 2. The van der Waals surface area contributed by atoms with Crippen LogP contribution in [0.1, 0.15) is 36.8 Å². The van der Waals surface area contributed by atoms with Crippen molar-refractivity contribution in [3.8, 4) is 0 Å². The molecule has 2 aromatic carbocycles. The van der Waals surface area contributed by atoms with Crippen LogP contribution in [0.3, 0.4) is 0 Å². The summed E-state index contributed by atoms with van der Waals surface area (Å²) in [5, 5.41) is 5.59. The van der Waals surface area contributed by atoms with Crippen LogP contribution >= 0.6 is 0 Å². The third-order valence-electron chi connectivity index (χ3n) is 6.49. The van der Waals surface area contributed by atoms with Gasteiger partial charge in [0.2, 0.25) is 11.8 Å². The largest absolute Gasteiger partial charge is 0.325 e. The van der Waals surface area contributed by atoms with Gasteiger partial charge in [0.05, 0.1) is 0 Å². The Morgan fingerprint density at radius 1 is 1.00 bits per heavy atom. The van der Waals surface area contributed by atoms with Crippen LogP contribution in [-0.2, 0) is 26.3 Å². The van der Waals surface area contributed by atoms with Gasteiger partial charge >= 0.3 is 6.03 Å². The first-order valence-electron chi connectivity index (χ1n) is 10.9. The van der Waals surface area contributed by atoms with Gasteiger partial charge in [0.1, 0.15) is 12.1 Å². The summed E-state index contributed by atoms with van der Waals surface area (Å²) in [6.45, 7) is 0.336. The number of urea groups is 1. The Hall–Kier alpha value is -3.68. The van der Waals surface area contributed by atoms with E-state index < -0.39 is 17.5 Å². The summed E-state index contributed by atoms with van der Waals surface area (Å²) in [6, 6.07) is 14.1. The summed E-state index contributed by atoms with van der Waals surface area (Å²) in [6.07, 6.45) is 3.56. The highest BCUT2D eigenvalue weighted by molar-refractivity contribution is 6.10. The minimum atomic E-state index is -1.09. The highest BCUT2D eigenvalue weighted by Crippen LogP contribution is 2.39. The lowest BCUT2D eigenvalue weighted by molar-refractivity contribution is -0.134. The number of carbonyl (C=O) groups is 4. The van der Waals surface area contributed by atoms with Crippen LogP contribution in [-0.4, -0.2) is 41.7 Å². The highest BCUT2D eigenvalue weighted by atomic mass is 16.2. The molecule has 2 N–H and O–H groups in total. The molecule has 0 aromatic heterocycles. The van der Waals surface area contributed by atoms with Crippen molar-refractivity contribution in [2.45, 2.75) is 37.6 Å². The van der Waals surface area contributed by atoms with Crippen molar-refractivity contribution in [3.63, 3.8) is 0 Å². The van der Waals surface area contributed by atoms with Gasteiger partial charge in [0.25, 0.3) is 5.91 Å². The molecule has 5 rings (SSSR count). The van der Waals surface area contributed by atoms with Gasteiger partial charge in [-0.15, -0.1) is 0 Å². The number of amides is 5. The maximum Gasteiger partial charge on any atom is 0.325 e. The van der Waals surface area contributed by atoms with E-state index in [9.17, 15) is 19.2 Å². The molecule has 2 heterocycles. The van der Waals surface area contributed by atoms with Gasteiger partial charge in [0, 0.05) is 24.3 Å². The van der Waals surface area contributed by atoms with Gasteiger partial charge in [-0.1, -0.05) is 24.3 Å². The van der Waals surface area contributed by atoms with Crippen LogP contribution in [0.2, 0.25) is 0 Å². The third kappa shape index (κ3) is 3.32. The average molecular weight is 432 g/mol. The molecular formula is C24H24N4O4. The monoisotopic (exact) mass is 432 g/mol. The number of rotatable bonds is 4. The molecule has 1 atom stereocenters. The van der Waals surface area contributed by atoms with E-state index in [1.807, 2.05) is 24.3 Å². The number of benzene rings is 2. The van der Waals surface area contributed by atoms with Crippen molar-refractivity contribution in [2.75, 3.05) is 23.3 Å². The summed E-state index contributed by atoms with van der Waals surface area (Å²) in [7, 11) is 0. The molecule has 1 aliphatic carbocycles. The molecule has 8 heteroatoms. The topological polar surface area (TPSA) is 98.8 Å². The van der Waals surface area contributed by atoms with Gasteiger partial charge in [0.15, 0.2) is 0 Å². The van der Waals surface area contributed by atoms with E-state index in [0.29, 0.717) is 25.1 Å². The number of carbonyl (C=O) groups excluding carboxylic acids is 4. The third-order valence-corrected chi connectivity index (χ3v) is 6.49. The molecule has 0 bridgehead atoms. The number of imide groups is 1. The molecule has 2 saturated heterocycles. The Morgan fingerprint density at radius 2 is 1.78 bits per heavy atom. The lowest BCUT2D eigenvalue weighted by Gasteiger charge is -2.33. The fourth-order valence-electron chi connectivity index (χ4n) is 4.94. The van der Waals surface area contributed by atoms with E-state index in [-0.39, 0.29) is 18.4 Å². The van der Waals surface area contributed by atoms with Crippen molar-refractivity contribution in [2.24, 2.45) is 0 Å². The second kappa shape index (κ2) is 7.78. The second-order valence-corrected chi connectivity index (χ2v) is 8.48. The molecule has 2 aliphatic heterocycles. The van der Waals surface area contributed by atoms with Crippen LogP contribution in [0.4, 0.5) is 16.2 Å². The van der Waals surface area contributed by atoms with Crippen molar-refractivity contribution in [1.29, 1.82) is 0 Å². The fourth-order valence-corrected chi connectivity index (χ4v) is 4.94. The van der Waals surface area contributed by atoms with Gasteiger partial charge < -0.3 is 15.5 Å². The molecule has 0 radical (unpaired) electrons. The molecule has 164 valence electrons. The Labute approximate surface area is 185 Å². The zero-order chi connectivity index (χ0) is 22.3. The molecule has 0 saturated carbocycles. The van der Waals surface area contributed by atoms with Gasteiger partial charge in [-0.25, -0.2) is 4.79 Å². The standard InChI is InChI=1S/C24H24N4O4/c29-20(25-17-9-11-18(12-10-17)27-14-4-8-21(27)30)15-28-22(31)24(26-23(28)32)13-3-6-16-5-1-2-7-19(16)24/h1-2,5,7,9-12H,3-4,6,8,13-15H2,(H,25,29)(H,26,32)/t24-/m1/s1. The minimum Gasteiger partial charge on any atom is -0.325 e. The zero-order valence-corrected chi connectivity index (χ0v) is 17.6. The normalized spacial score (nSPS) is 22.3. The lowest BCUT2D eigenvalue weighted by atomic mass is 9.76. The van der Waals surface area contributed by atoms with Crippen molar-refractivity contribution in [3.05, 3.63) is 59.7 Å². The first-order chi connectivity index (χ1) is 15.5. The smallest absolute Gasteiger partial charge is 0.325 e. The molecule has 8 nitrogen and oxygen atoms in total. The van der Waals surface area contributed by atoms with Crippen molar-refractivity contribution >= 4 is 35.1 Å². The predicted molar refractivity (Wildman–Crippen MR) is 118 cm³/mol. The molecule has 0 unspecified atom stereocenters. The summed E-state index contributed by atoms with van der Waals surface area (Å²) >= 11 is 0. The molecule has 1 spiro atoms. The first-order valence-corrected chi connectivity index (χ1v) is 10.9. The van der Waals surface area contributed by atoms with E-state index in [2.05, 4.69) is 10.6 Å². The molecular weight excluding hydrogens is 408 g/mol. The second-order valence-electron chi connectivity index (χ2n) is 8.48. The van der Waals surface area contributed by atoms with Crippen LogP contribution < -0.4 is 15.5 Å².